The van der Waals surface area contributed by atoms with E-state index in [4.69, 9.17) is 10.5 Å². The maximum absolute atomic E-state index is 9.26. The van der Waals surface area contributed by atoms with Crippen molar-refractivity contribution >= 4 is 11.0 Å². The van der Waals surface area contributed by atoms with Crippen LogP contribution in [0.15, 0.2) is 18.2 Å². The average molecular weight is 277 g/mol. The zero-order valence-corrected chi connectivity index (χ0v) is 12.2. The van der Waals surface area contributed by atoms with Crippen molar-refractivity contribution in [2.75, 3.05) is 13.2 Å². The first-order chi connectivity index (χ1) is 9.71. The summed E-state index contributed by atoms with van der Waals surface area (Å²) in [5.74, 6) is 1.65. The van der Waals surface area contributed by atoms with Gasteiger partial charge in [0.05, 0.1) is 30.3 Å². The first-order valence-electron chi connectivity index (χ1n) is 7.20. The van der Waals surface area contributed by atoms with E-state index >= 15 is 0 Å². The number of rotatable bonds is 7. The van der Waals surface area contributed by atoms with Gasteiger partial charge in [-0.15, -0.1) is 0 Å². The number of ether oxygens (including phenoxy) is 1. The summed E-state index contributed by atoms with van der Waals surface area (Å²) < 4.78 is 7.51. The number of aromatic nitrogens is 2. The molecule has 5 heteroatoms. The lowest BCUT2D eigenvalue weighted by Crippen LogP contribution is -2.17. The molecule has 0 aliphatic rings. The first-order valence-corrected chi connectivity index (χ1v) is 7.20. The summed E-state index contributed by atoms with van der Waals surface area (Å²) in [5.41, 5.74) is 8.06. The second kappa shape index (κ2) is 6.72. The number of benzene rings is 1. The van der Waals surface area contributed by atoms with Crippen LogP contribution in [0.5, 0.6) is 5.75 Å². The first kappa shape index (κ1) is 14.8. The normalized spacial score (nSPS) is 12.8. The average Bonchev–Trinajstić information content (AvgIpc) is 2.78. The van der Waals surface area contributed by atoms with Crippen molar-refractivity contribution in [2.24, 2.45) is 5.73 Å². The van der Waals surface area contributed by atoms with Crippen LogP contribution < -0.4 is 10.5 Å². The number of fused-ring (bicyclic) bond motifs is 1. The van der Waals surface area contributed by atoms with Crippen molar-refractivity contribution in [1.29, 1.82) is 0 Å². The topological polar surface area (TPSA) is 73.3 Å². The van der Waals surface area contributed by atoms with Crippen LogP contribution in [0.2, 0.25) is 0 Å². The van der Waals surface area contributed by atoms with Gasteiger partial charge in [-0.3, -0.25) is 0 Å². The maximum Gasteiger partial charge on any atom is 0.126 e. The van der Waals surface area contributed by atoms with Gasteiger partial charge in [-0.2, -0.15) is 0 Å². The third-order valence-electron chi connectivity index (χ3n) is 3.32. The van der Waals surface area contributed by atoms with Gasteiger partial charge in [-0.25, -0.2) is 4.98 Å². The van der Waals surface area contributed by atoms with E-state index in [0.29, 0.717) is 13.2 Å². The Morgan fingerprint density at radius 3 is 2.85 bits per heavy atom. The Labute approximate surface area is 119 Å². The molecule has 20 heavy (non-hydrogen) atoms. The van der Waals surface area contributed by atoms with E-state index in [9.17, 15) is 5.11 Å². The molecule has 0 aliphatic carbocycles. The minimum atomic E-state index is -0.102. The lowest BCUT2D eigenvalue weighted by Gasteiger charge is -2.13. The highest BCUT2D eigenvalue weighted by molar-refractivity contribution is 5.78. The van der Waals surface area contributed by atoms with Crippen LogP contribution in [-0.4, -0.2) is 27.9 Å². The molecule has 0 saturated heterocycles. The Kier molecular flexibility index (Phi) is 4.98. The highest BCUT2D eigenvalue weighted by Crippen LogP contribution is 2.25. The molecule has 1 aromatic carbocycles. The second-order valence-corrected chi connectivity index (χ2v) is 4.82. The van der Waals surface area contributed by atoms with Gasteiger partial charge in [-0.1, -0.05) is 13.3 Å². The molecule has 2 aromatic rings. The molecule has 1 heterocycles. The van der Waals surface area contributed by atoms with Crippen LogP contribution in [0, 0.1) is 0 Å². The smallest absolute Gasteiger partial charge is 0.126 e. The van der Waals surface area contributed by atoms with Gasteiger partial charge in [-0.05, 0) is 25.5 Å². The Morgan fingerprint density at radius 2 is 2.20 bits per heavy atom. The van der Waals surface area contributed by atoms with Crippen molar-refractivity contribution in [2.45, 2.75) is 39.3 Å². The number of aliphatic hydroxyl groups excluding tert-OH is 1. The molecule has 0 spiro atoms. The van der Waals surface area contributed by atoms with Crippen molar-refractivity contribution in [3.8, 4) is 5.75 Å². The minimum absolute atomic E-state index is 0.0739. The fraction of sp³-hybridized carbons (Fsp3) is 0.533. The molecule has 5 nitrogen and oxygen atoms in total. The van der Waals surface area contributed by atoms with E-state index in [1.807, 2.05) is 29.7 Å². The van der Waals surface area contributed by atoms with Gasteiger partial charge in [0.2, 0.25) is 0 Å². The van der Waals surface area contributed by atoms with Gasteiger partial charge in [0.1, 0.15) is 11.6 Å². The van der Waals surface area contributed by atoms with Gasteiger partial charge in [0, 0.05) is 12.6 Å². The summed E-state index contributed by atoms with van der Waals surface area (Å²) >= 11 is 0. The van der Waals surface area contributed by atoms with Crippen LogP contribution in [-0.2, 0) is 6.54 Å². The quantitative estimate of drug-likeness (QED) is 0.814. The third-order valence-corrected chi connectivity index (χ3v) is 3.32. The molecule has 2 rings (SSSR count). The molecule has 0 amide bonds. The van der Waals surface area contributed by atoms with E-state index in [2.05, 4.69) is 11.9 Å². The lowest BCUT2D eigenvalue weighted by atomic mass is 10.2. The van der Waals surface area contributed by atoms with Crippen molar-refractivity contribution in [3.05, 3.63) is 24.0 Å². The molecule has 110 valence electrons. The lowest BCUT2D eigenvalue weighted by molar-refractivity contribution is 0.274. The Hall–Kier alpha value is -1.59. The summed E-state index contributed by atoms with van der Waals surface area (Å²) in [4.78, 5) is 4.64. The predicted octanol–water partition coefficient (Wildman–Crippen LogP) is 2.23. The molecular weight excluding hydrogens is 254 g/mol. The van der Waals surface area contributed by atoms with Gasteiger partial charge < -0.3 is 20.1 Å². The number of nitrogens with two attached hydrogens (primary N) is 1. The summed E-state index contributed by atoms with van der Waals surface area (Å²) in [5, 5.41) is 9.26. The monoisotopic (exact) mass is 277 g/mol. The van der Waals surface area contributed by atoms with Crippen LogP contribution in [0.3, 0.4) is 0 Å². The van der Waals surface area contributed by atoms with Crippen LogP contribution in [0.25, 0.3) is 11.0 Å². The highest BCUT2D eigenvalue weighted by atomic mass is 16.5. The Balaban J connectivity index is 2.47. The van der Waals surface area contributed by atoms with E-state index in [0.717, 1.165) is 35.4 Å². The molecule has 1 atom stereocenters. The van der Waals surface area contributed by atoms with Gasteiger partial charge >= 0.3 is 0 Å². The van der Waals surface area contributed by atoms with Crippen LogP contribution in [0.4, 0.5) is 0 Å². The second-order valence-electron chi connectivity index (χ2n) is 4.82. The SMILES string of the molecule is CCCC(N)c1nc2cc(OCC)ccc2n1CCO. The summed E-state index contributed by atoms with van der Waals surface area (Å²) in [6.07, 6.45) is 1.89. The fourth-order valence-electron chi connectivity index (χ4n) is 2.44. The zero-order valence-electron chi connectivity index (χ0n) is 12.2. The number of aliphatic hydroxyl groups is 1. The van der Waals surface area contributed by atoms with Crippen molar-refractivity contribution < 1.29 is 9.84 Å². The van der Waals surface area contributed by atoms with E-state index < -0.39 is 0 Å². The fourth-order valence-corrected chi connectivity index (χ4v) is 2.44. The molecule has 0 fully saturated rings. The van der Waals surface area contributed by atoms with E-state index in [-0.39, 0.29) is 12.6 Å². The van der Waals surface area contributed by atoms with Crippen molar-refractivity contribution in [3.63, 3.8) is 0 Å². The summed E-state index contributed by atoms with van der Waals surface area (Å²) in [6, 6.07) is 5.73. The zero-order chi connectivity index (χ0) is 14.5. The van der Waals surface area contributed by atoms with Crippen LogP contribution >= 0.6 is 0 Å². The molecule has 3 N–H and O–H groups in total. The maximum atomic E-state index is 9.26. The minimum Gasteiger partial charge on any atom is -0.494 e. The van der Waals surface area contributed by atoms with Gasteiger partial charge in [0.25, 0.3) is 0 Å². The predicted molar refractivity (Wildman–Crippen MR) is 79.8 cm³/mol. The molecule has 0 aliphatic heterocycles. The molecular formula is C15H23N3O2. The van der Waals surface area contributed by atoms with Crippen molar-refractivity contribution in [1.82, 2.24) is 9.55 Å². The highest BCUT2D eigenvalue weighted by Gasteiger charge is 2.16. The van der Waals surface area contributed by atoms with E-state index in [1.54, 1.807) is 0 Å². The molecule has 1 unspecified atom stereocenters. The molecule has 1 aromatic heterocycles. The molecule has 0 radical (unpaired) electrons. The Bertz CT molecular complexity index is 565. The number of hydrogen-bond donors (Lipinski definition) is 2. The number of imidazole rings is 1. The Morgan fingerprint density at radius 1 is 1.40 bits per heavy atom. The number of nitrogens with zero attached hydrogens (tertiary/aromatic N) is 2. The third kappa shape index (κ3) is 2.94. The van der Waals surface area contributed by atoms with E-state index in [1.165, 1.54) is 0 Å². The summed E-state index contributed by atoms with van der Waals surface area (Å²) in [6.45, 7) is 5.27. The molecule has 0 bridgehead atoms. The number of hydrogen-bond acceptors (Lipinski definition) is 4. The largest absolute Gasteiger partial charge is 0.494 e. The molecule has 0 saturated carbocycles. The standard InChI is InChI=1S/C15H23N3O2/c1-3-5-12(16)15-17-13-10-11(20-4-2)6-7-14(13)18(15)8-9-19/h6-7,10,12,19H,3-5,8-9,16H2,1-2H3. The summed E-state index contributed by atoms with van der Waals surface area (Å²) in [7, 11) is 0. The van der Waals surface area contributed by atoms with Gasteiger partial charge in [0.15, 0.2) is 0 Å². The van der Waals surface area contributed by atoms with Crippen LogP contribution in [0.1, 0.15) is 38.6 Å².